The molecular weight excluding hydrogens is 288 g/mol. The molecule has 0 saturated carbocycles. The van der Waals surface area contributed by atoms with Gasteiger partial charge in [0.05, 0.1) is 4.88 Å². The molecule has 1 fully saturated rings. The van der Waals surface area contributed by atoms with Gasteiger partial charge in [0, 0.05) is 5.56 Å². The highest BCUT2D eigenvalue weighted by Gasteiger charge is 2.25. The number of hydrogen-bond acceptors (Lipinski definition) is 5. The number of hydrogen-bond donors (Lipinski definition) is 2. The second-order valence-corrected chi connectivity index (χ2v) is 6.18. The first-order valence-electron chi connectivity index (χ1n) is 7.15. The van der Waals surface area contributed by atoms with Gasteiger partial charge in [-0.1, -0.05) is 11.5 Å². The van der Waals surface area contributed by atoms with E-state index in [2.05, 4.69) is 9.69 Å². The average molecular weight is 304 g/mol. The fraction of sp³-hybridized carbons (Fsp3) is 0.400. The van der Waals surface area contributed by atoms with Crippen molar-refractivity contribution >= 4 is 11.5 Å². The van der Waals surface area contributed by atoms with Crippen molar-refractivity contribution in [2.75, 3.05) is 19.9 Å². The lowest BCUT2D eigenvalue weighted by atomic mass is 9.89. The third-order valence-corrected chi connectivity index (χ3v) is 5.06. The minimum Gasteiger partial charge on any atom is -0.454 e. The number of aromatic amines is 1. The molecule has 0 spiro atoms. The van der Waals surface area contributed by atoms with Gasteiger partial charge < -0.3 is 14.8 Å². The minimum absolute atomic E-state index is 0.0552. The first-order chi connectivity index (χ1) is 10.3. The van der Waals surface area contributed by atoms with Crippen LogP contribution in [0.5, 0.6) is 11.5 Å². The van der Waals surface area contributed by atoms with Crippen LogP contribution in [0.4, 0.5) is 0 Å². The number of fused-ring (bicyclic) bond motifs is 1. The van der Waals surface area contributed by atoms with Crippen molar-refractivity contribution in [1.82, 2.24) is 9.69 Å². The molecule has 0 bridgehead atoms. The molecule has 3 heterocycles. The molecular formula is C15H16N2O3S. The Labute approximate surface area is 126 Å². The molecule has 0 radical (unpaired) electrons. The van der Waals surface area contributed by atoms with E-state index in [1.165, 1.54) is 11.5 Å². The molecule has 2 aliphatic heterocycles. The van der Waals surface area contributed by atoms with E-state index in [-0.39, 0.29) is 12.4 Å². The van der Waals surface area contributed by atoms with Crippen LogP contribution in [0.1, 0.15) is 24.3 Å². The Balaban J connectivity index is 1.77. The normalized spacial score (nSPS) is 18.1. The molecule has 5 nitrogen and oxygen atoms in total. The average Bonchev–Trinajstić information content (AvgIpc) is 3.13. The summed E-state index contributed by atoms with van der Waals surface area (Å²) >= 11 is 1.41. The smallest absolute Gasteiger partial charge is 0.262 e. The number of ether oxygens (including phenoxy) is 2. The lowest BCUT2D eigenvalue weighted by Gasteiger charge is -2.22. The summed E-state index contributed by atoms with van der Waals surface area (Å²) in [6, 6.07) is 5.87. The van der Waals surface area contributed by atoms with E-state index >= 15 is 0 Å². The Bertz CT molecular complexity index is 716. The molecule has 2 N–H and O–H groups in total. The topological polar surface area (TPSA) is 63.4 Å². The van der Waals surface area contributed by atoms with E-state index in [9.17, 15) is 4.79 Å². The molecule has 0 aliphatic carbocycles. The monoisotopic (exact) mass is 304 g/mol. The quantitative estimate of drug-likeness (QED) is 0.893. The Morgan fingerprint density at radius 2 is 1.95 bits per heavy atom. The summed E-state index contributed by atoms with van der Waals surface area (Å²) in [4.78, 5) is 13.3. The Kier molecular flexibility index (Phi) is 3.20. The van der Waals surface area contributed by atoms with Gasteiger partial charge in [0.15, 0.2) is 11.5 Å². The standard InChI is InChI=1S/C15H16N2O3S/c18-15-13(9-3-5-16-6-4-9)14(21-17-15)10-1-2-11-12(7-10)20-8-19-11/h1-2,7,9,16H,3-6,8H2,(H,17,18). The zero-order valence-corrected chi connectivity index (χ0v) is 12.3. The molecule has 21 heavy (non-hydrogen) atoms. The number of benzene rings is 1. The van der Waals surface area contributed by atoms with Gasteiger partial charge in [-0.2, -0.15) is 0 Å². The number of rotatable bonds is 2. The lowest BCUT2D eigenvalue weighted by molar-refractivity contribution is 0.174. The molecule has 6 heteroatoms. The Morgan fingerprint density at radius 1 is 1.14 bits per heavy atom. The third-order valence-electron chi connectivity index (χ3n) is 4.12. The van der Waals surface area contributed by atoms with E-state index in [0.29, 0.717) is 5.92 Å². The maximum atomic E-state index is 12.2. The number of piperidine rings is 1. The lowest BCUT2D eigenvalue weighted by Crippen LogP contribution is -2.28. The van der Waals surface area contributed by atoms with Crippen molar-refractivity contribution in [3.63, 3.8) is 0 Å². The summed E-state index contributed by atoms with van der Waals surface area (Å²) in [5.74, 6) is 1.86. The van der Waals surface area contributed by atoms with Gasteiger partial charge in [-0.15, -0.1) is 0 Å². The van der Waals surface area contributed by atoms with Gasteiger partial charge in [-0.05, 0) is 55.6 Å². The van der Waals surface area contributed by atoms with E-state index in [1.54, 1.807) is 0 Å². The van der Waals surface area contributed by atoms with Crippen LogP contribution in [0.25, 0.3) is 10.4 Å². The van der Waals surface area contributed by atoms with E-state index in [1.807, 2.05) is 18.2 Å². The summed E-state index contributed by atoms with van der Waals surface area (Å²) in [6.45, 7) is 2.21. The maximum Gasteiger partial charge on any atom is 0.262 e. The van der Waals surface area contributed by atoms with Crippen LogP contribution >= 0.6 is 11.5 Å². The molecule has 0 atom stereocenters. The summed E-state index contributed by atoms with van der Waals surface area (Å²) < 4.78 is 13.7. The predicted molar refractivity (Wildman–Crippen MR) is 81.3 cm³/mol. The molecule has 1 aromatic heterocycles. The minimum atomic E-state index is 0.0552. The van der Waals surface area contributed by atoms with Crippen molar-refractivity contribution in [3.05, 3.63) is 34.1 Å². The van der Waals surface area contributed by atoms with Crippen molar-refractivity contribution in [2.24, 2.45) is 0 Å². The van der Waals surface area contributed by atoms with Crippen LogP contribution in [-0.2, 0) is 0 Å². The van der Waals surface area contributed by atoms with Crippen LogP contribution < -0.4 is 20.3 Å². The number of H-pyrrole nitrogens is 1. The highest BCUT2D eigenvalue weighted by molar-refractivity contribution is 7.09. The fourth-order valence-corrected chi connectivity index (χ4v) is 3.96. The Morgan fingerprint density at radius 3 is 2.81 bits per heavy atom. The van der Waals surface area contributed by atoms with Crippen molar-refractivity contribution in [3.8, 4) is 21.9 Å². The van der Waals surface area contributed by atoms with Crippen LogP contribution in [0.15, 0.2) is 23.0 Å². The SMILES string of the molecule is O=c1[nH]sc(-c2ccc3c(c2)OCO3)c1C1CCNCC1. The van der Waals surface area contributed by atoms with E-state index in [4.69, 9.17) is 9.47 Å². The number of aromatic nitrogens is 1. The first-order valence-corrected chi connectivity index (χ1v) is 7.96. The molecule has 1 aromatic carbocycles. The van der Waals surface area contributed by atoms with Crippen LogP contribution in [-0.4, -0.2) is 24.3 Å². The molecule has 1 saturated heterocycles. The summed E-state index contributed by atoms with van der Waals surface area (Å²) in [6.07, 6.45) is 2.02. The molecule has 0 amide bonds. The molecule has 4 rings (SSSR count). The van der Waals surface area contributed by atoms with Crippen molar-refractivity contribution in [2.45, 2.75) is 18.8 Å². The highest BCUT2D eigenvalue weighted by Crippen LogP contribution is 2.39. The fourth-order valence-electron chi connectivity index (χ4n) is 3.04. The van der Waals surface area contributed by atoms with Gasteiger partial charge in [-0.25, -0.2) is 0 Å². The number of nitrogens with one attached hydrogen (secondary N) is 2. The molecule has 2 aliphatic rings. The predicted octanol–water partition coefficient (Wildman–Crippen LogP) is 2.30. The van der Waals surface area contributed by atoms with Crippen LogP contribution in [0, 0.1) is 0 Å². The van der Waals surface area contributed by atoms with Gasteiger partial charge >= 0.3 is 0 Å². The Hall–Kier alpha value is -1.79. The zero-order chi connectivity index (χ0) is 14.2. The molecule has 2 aromatic rings. The van der Waals surface area contributed by atoms with Crippen LogP contribution in [0.3, 0.4) is 0 Å². The highest BCUT2D eigenvalue weighted by atomic mass is 32.1. The second-order valence-electron chi connectivity index (χ2n) is 5.37. The zero-order valence-electron chi connectivity index (χ0n) is 11.5. The largest absolute Gasteiger partial charge is 0.454 e. The molecule has 0 unspecified atom stereocenters. The van der Waals surface area contributed by atoms with Gasteiger partial charge in [0.2, 0.25) is 6.79 Å². The third kappa shape index (κ3) is 2.24. The summed E-state index contributed by atoms with van der Waals surface area (Å²) in [7, 11) is 0. The summed E-state index contributed by atoms with van der Waals surface area (Å²) in [5, 5.41) is 3.34. The van der Waals surface area contributed by atoms with Crippen molar-refractivity contribution < 1.29 is 9.47 Å². The second kappa shape index (κ2) is 5.20. The van der Waals surface area contributed by atoms with Gasteiger partial charge in [0.1, 0.15) is 0 Å². The first kappa shape index (κ1) is 12.9. The van der Waals surface area contributed by atoms with Gasteiger partial charge in [0.25, 0.3) is 5.56 Å². The molecule has 110 valence electrons. The van der Waals surface area contributed by atoms with Gasteiger partial charge in [-0.3, -0.25) is 9.17 Å². The van der Waals surface area contributed by atoms with Crippen molar-refractivity contribution in [1.29, 1.82) is 0 Å². The van der Waals surface area contributed by atoms with E-state index in [0.717, 1.165) is 53.4 Å². The summed E-state index contributed by atoms with van der Waals surface area (Å²) in [5.41, 5.74) is 2.01. The van der Waals surface area contributed by atoms with Crippen LogP contribution in [0.2, 0.25) is 0 Å². The van der Waals surface area contributed by atoms with E-state index < -0.39 is 0 Å². The maximum absolute atomic E-state index is 12.2.